The third kappa shape index (κ3) is 1.96. The van der Waals surface area contributed by atoms with Crippen molar-refractivity contribution in [2.75, 3.05) is 7.11 Å². The van der Waals surface area contributed by atoms with Gasteiger partial charge in [0.15, 0.2) is 5.82 Å². The molecule has 0 atom stereocenters. The largest absolute Gasteiger partial charge is 0.465 e. The number of ether oxygens (including phenoxy) is 1. The molecule has 4 heteroatoms. The van der Waals surface area contributed by atoms with Gasteiger partial charge in [0.05, 0.1) is 24.6 Å². The van der Waals surface area contributed by atoms with E-state index in [9.17, 15) is 9.18 Å². The standard InChI is InChI=1S/C10H10FNO2/c1-6(2)9-4-7(10(13)14-3)8(11)5-12-9/h4-5H,1H2,2-3H3. The highest BCUT2D eigenvalue weighted by atomic mass is 19.1. The Bertz CT molecular complexity index is 388. The van der Waals surface area contributed by atoms with Crippen molar-refractivity contribution in [3.63, 3.8) is 0 Å². The van der Waals surface area contributed by atoms with Crippen molar-refractivity contribution in [3.8, 4) is 0 Å². The van der Waals surface area contributed by atoms with E-state index in [2.05, 4.69) is 16.3 Å². The number of aromatic nitrogens is 1. The fourth-order valence-corrected chi connectivity index (χ4v) is 0.938. The topological polar surface area (TPSA) is 39.2 Å². The number of hydrogen-bond acceptors (Lipinski definition) is 3. The molecule has 0 unspecified atom stereocenters. The smallest absolute Gasteiger partial charge is 0.340 e. The first-order valence-electron chi connectivity index (χ1n) is 3.96. The number of nitrogens with zero attached hydrogens (tertiary/aromatic N) is 1. The number of halogens is 1. The Balaban J connectivity index is 3.21. The van der Waals surface area contributed by atoms with Crippen LogP contribution in [0.5, 0.6) is 0 Å². The molecule has 14 heavy (non-hydrogen) atoms. The zero-order chi connectivity index (χ0) is 10.7. The van der Waals surface area contributed by atoms with E-state index in [1.807, 2.05) is 0 Å². The molecule has 0 aliphatic rings. The van der Waals surface area contributed by atoms with Gasteiger partial charge in [0.1, 0.15) is 0 Å². The second-order valence-corrected chi connectivity index (χ2v) is 2.82. The summed E-state index contributed by atoms with van der Waals surface area (Å²) >= 11 is 0. The summed E-state index contributed by atoms with van der Waals surface area (Å²) in [6, 6.07) is 1.32. The lowest BCUT2D eigenvalue weighted by molar-refractivity contribution is 0.0595. The molecule has 1 heterocycles. The summed E-state index contributed by atoms with van der Waals surface area (Å²) in [5, 5.41) is 0. The van der Waals surface area contributed by atoms with Gasteiger partial charge >= 0.3 is 5.97 Å². The van der Waals surface area contributed by atoms with Gasteiger partial charge in [-0.1, -0.05) is 6.58 Å². The van der Waals surface area contributed by atoms with Crippen LogP contribution in [0.15, 0.2) is 18.8 Å². The lowest BCUT2D eigenvalue weighted by atomic mass is 10.1. The molecule has 1 rings (SSSR count). The maximum Gasteiger partial charge on any atom is 0.340 e. The number of allylic oxidation sites excluding steroid dienone is 1. The number of pyridine rings is 1. The van der Waals surface area contributed by atoms with E-state index in [0.29, 0.717) is 11.3 Å². The first kappa shape index (κ1) is 10.4. The highest BCUT2D eigenvalue weighted by molar-refractivity contribution is 5.90. The molecule has 3 nitrogen and oxygen atoms in total. The van der Waals surface area contributed by atoms with Crippen molar-refractivity contribution >= 4 is 11.5 Å². The van der Waals surface area contributed by atoms with Gasteiger partial charge in [0.2, 0.25) is 0 Å². The second kappa shape index (κ2) is 4.00. The Morgan fingerprint density at radius 1 is 1.64 bits per heavy atom. The van der Waals surface area contributed by atoms with Crippen LogP contribution >= 0.6 is 0 Å². The molecule has 0 bridgehead atoms. The van der Waals surface area contributed by atoms with Gasteiger partial charge in [-0.3, -0.25) is 4.98 Å². The van der Waals surface area contributed by atoms with Crippen LogP contribution in [-0.4, -0.2) is 18.1 Å². The molecule has 0 fully saturated rings. The Morgan fingerprint density at radius 3 is 2.79 bits per heavy atom. The maximum atomic E-state index is 13.1. The van der Waals surface area contributed by atoms with Gasteiger partial charge in [-0.05, 0) is 18.6 Å². The average molecular weight is 195 g/mol. The van der Waals surface area contributed by atoms with Crippen molar-refractivity contribution in [2.45, 2.75) is 6.92 Å². The van der Waals surface area contributed by atoms with Crippen LogP contribution in [0.25, 0.3) is 5.57 Å². The molecular weight excluding hydrogens is 185 g/mol. The molecule has 0 aliphatic heterocycles. The lowest BCUT2D eigenvalue weighted by Gasteiger charge is -2.03. The van der Waals surface area contributed by atoms with Crippen molar-refractivity contribution < 1.29 is 13.9 Å². The van der Waals surface area contributed by atoms with E-state index >= 15 is 0 Å². The van der Waals surface area contributed by atoms with Crippen molar-refractivity contribution in [2.24, 2.45) is 0 Å². The van der Waals surface area contributed by atoms with E-state index in [0.717, 1.165) is 6.20 Å². The fourth-order valence-electron chi connectivity index (χ4n) is 0.938. The quantitative estimate of drug-likeness (QED) is 0.678. The predicted octanol–water partition coefficient (Wildman–Crippen LogP) is 2.04. The molecular formula is C10H10FNO2. The zero-order valence-electron chi connectivity index (χ0n) is 8.00. The summed E-state index contributed by atoms with van der Waals surface area (Å²) in [6.07, 6.45) is 0.982. The molecule has 0 N–H and O–H groups in total. The number of carbonyl (C=O) groups is 1. The first-order valence-corrected chi connectivity index (χ1v) is 3.96. The van der Waals surface area contributed by atoms with Gasteiger partial charge in [-0.2, -0.15) is 0 Å². The SMILES string of the molecule is C=C(C)c1cc(C(=O)OC)c(F)cn1. The molecule has 0 aliphatic carbocycles. The van der Waals surface area contributed by atoms with Crippen LogP contribution in [0.2, 0.25) is 0 Å². The Morgan fingerprint density at radius 2 is 2.29 bits per heavy atom. The van der Waals surface area contributed by atoms with Crippen LogP contribution in [0.3, 0.4) is 0 Å². The fraction of sp³-hybridized carbons (Fsp3) is 0.200. The summed E-state index contributed by atoms with van der Waals surface area (Å²) in [7, 11) is 1.20. The second-order valence-electron chi connectivity index (χ2n) is 2.82. The van der Waals surface area contributed by atoms with Gasteiger partial charge in [0.25, 0.3) is 0 Å². The van der Waals surface area contributed by atoms with Gasteiger partial charge in [0, 0.05) is 0 Å². The van der Waals surface area contributed by atoms with Gasteiger partial charge in [-0.15, -0.1) is 0 Å². The number of methoxy groups -OCH3 is 1. The van der Waals surface area contributed by atoms with Crippen molar-refractivity contribution in [1.82, 2.24) is 4.98 Å². The maximum absolute atomic E-state index is 13.1. The Labute approximate surface area is 81.2 Å². The summed E-state index contributed by atoms with van der Waals surface area (Å²) in [5.41, 5.74) is 1.02. The molecule has 0 radical (unpaired) electrons. The Hall–Kier alpha value is -1.71. The van der Waals surface area contributed by atoms with Crippen LogP contribution in [0.1, 0.15) is 23.0 Å². The van der Waals surface area contributed by atoms with Gasteiger partial charge in [-0.25, -0.2) is 9.18 Å². The summed E-state index contributed by atoms with van der Waals surface area (Å²) in [5.74, 6) is -1.41. The highest BCUT2D eigenvalue weighted by Crippen LogP contribution is 2.14. The molecule has 0 saturated heterocycles. The molecule has 1 aromatic rings. The molecule has 0 aromatic carbocycles. The highest BCUT2D eigenvalue weighted by Gasteiger charge is 2.13. The number of carbonyl (C=O) groups excluding carboxylic acids is 1. The first-order chi connectivity index (χ1) is 6.56. The van der Waals surface area contributed by atoms with Crippen LogP contribution in [0.4, 0.5) is 4.39 Å². The molecule has 74 valence electrons. The molecule has 1 aromatic heterocycles. The van der Waals surface area contributed by atoms with Crippen LogP contribution in [0, 0.1) is 5.82 Å². The summed E-state index contributed by atoms with van der Waals surface area (Å²) in [4.78, 5) is 14.9. The minimum Gasteiger partial charge on any atom is -0.465 e. The minimum absolute atomic E-state index is 0.125. The number of hydrogen-bond donors (Lipinski definition) is 0. The molecule has 0 saturated carbocycles. The number of rotatable bonds is 2. The minimum atomic E-state index is -0.715. The van der Waals surface area contributed by atoms with Crippen molar-refractivity contribution in [3.05, 3.63) is 35.9 Å². The molecule has 0 spiro atoms. The Kier molecular flexibility index (Phi) is 2.96. The summed E-state index contributed by atoms with van der Waals surface area (Å²) < 4.78 is 17.5. The average Bonchev–Trinajstić information content (AvgIpc) is 2.17. The third-order valence-electron chi connectivity index (χ3n) is 1.70. The van der Waals surface area contributed by atoms with E-state index in [1.54, 1.807) is 6.92 Å². The van der Waals surface area contributed by atoms with E-state index in [-0.39, 0.29) is 5.56 Å². The zero-order valence-corrected chi connectivity index (χ0v) is 8.00. The van der Waals surface area contributed by atoms with Crippen LogP contribution < -0.4 is 0 Å². The van der Waals surface area contributed by atoms with Gasteiger partial charge < -0.3 is 4.74 Å². The normalized spacial score (nSPS) is 9.64. The molecule has 0 amide bonds. The monoisotopic (exact) mass is 195 g/mol. The van der Waals surface area contributed by atoms with E-state index in [4.69, 9.17) is 0 Å². The summed E-state index contributed by atoms with van der Waals surface area (Å²) in [6.45, 7) is 5.37. The van der Waals surface area contributed by atoms with E-state index in [1.165, 1.54) is 13.2 Å². The predicted molar refractivity (Wildman–Crippen MR) is 50.2 cm³/mol. The third-order valence-corrected chi connectivity index (χ3v) is 1.70. The van der Waals surface area contributed by atoms with E-state index < -0.39 is 11.8 Å². The lowest BCUT2D eigenvalue weighted by Crippen LogP contribution is -2.06. The van der Waals surface area contributed by atoms with Crippen LogP contribution in [-0.2, 0) is 4.74 Å². The number of esters is 1. The van der Waals surface area contributed by atoms with Crippen molar-refractivity contribution in [1.29, 1.82) is 0 Å².